The van der Waals surface area contributed by atoms with Crippen LogP contribution in [0.15, 0.2) is 30.6 Å². The maximum atomic E-state index is 10.8. The monoisotopic (exact) mass is 346 g/mol. The van der Waals surface area contributed by atoms with E-state index in [9.17, 15) is 5.11 Å². The van der Waals surface area contributed by atoms with E-state index in [2.05, 4.69) is 19.8 Å². The third-order valence-electron chi connectivity index (χ3n) is 4.64. The molecule has 3 aromatic rings. The Morgan fingerprint density at radius 2 is 2.25 bits per heavy atom. The van der Waals surface area contributed by atoms with Gasteiger partial charge in [-0.1, -0.05) is 16.8 Å². The van der Waals surface area contributed by atoms with Gasteiger partial charge in [-0.05, 0) is 24.6 Å². The summed E-state index contributed by atoms with van der Waals surface area (Å²) in [6, 6.07) is 5.72. The summed E-state index contributed by atoms with van der Waals surface area (Å²) in [5, 5.41) is 19.2. The Morgan fingerprint density at radius 1 is 1.38 bits per heavy atom. The summed E-state index contributed by atoms with van der Waals surface area (Å²) in [6.45, 7) is 2.58. The molecule has 1 fully saturated rings. The van der Waals surface area contributed by atoms with Crippen molar-refractivity contribution in [3.63, 3.8) is 0 Å². The number of aliphatic hydroxyl groups is 1. The van der Waals surface area contributed by atoms with Crippen LogP contribution in [0.4, 0.5) is 0 Å². The predicted molar refractivity (Wildman–Crippen MR) is 90.6 cm³/mol. The van der Waals surface area contributed by atoms with Crippen LogP contribution >= 0.6 is 11.6 Å². The molecule has 24 heavy (non-hydrogen) atoms. The van der Waals surface area contributed by atoms with Crippen LogP contribution < -0.4 is 0 Å². The zero-order valence-electron chi connectivity index (χ0n) is 13.4. The first kappa shape index (κ1) is 15.6. The smallest absolute Gasteiger partial charge is 0.123 e. The average Bonchev–Trinajstić information content (AvgIpc) is 3.23. The normalized spacial score (nSPS) is 21.8. The third kappa shape index (κ3) is 2.90. The van der Waals surface area contributed by atoms with Gasteiger partial charge in [0.2, 0.25) is 0 Å². The minimum Gasteiger partial charge on any atom is -0.387 e. The van der Waals surface area contributed by atoms with Gasteiger partial charge >= 0.3 is 0 Å². The van der Waals surface area contributed by atoms with Gasteiger partial charge in [0.25, 0.3) is 0 Å². The third-order valence-corrected chi connectivity index (χ3v) is 4.88. The fraction of sp³-hybridized carbons (Fsp3) is 0.438. The van der Waals surface area contributed by atoms with E-state index >= 15 is 0 Å². The molecule has 0 amide bonds. The lowest BCUT2D eigenvalue weighted by Gasteiger charge is -2.23. The average molecular weight is 347 g/mol. The molecule has 1 N–H and O–H groups in total. The van der Waals surface area contributed by atoms with Gasteiger partial charge in [0.1, 0.15) is 5.82 Å². The SMILES string of the molecule is Cn1c(CN2CCC(O)(Cn3ccnn3)C2)nc2ccc(Cl)cc21. The van der Waals surface area contributed by atoms with Crippen molar-refractivity contribution in [1.82, 2.24) is 29.4 Å². The molecule has 0 saturated carbocycles. The molecule has 1 aliphatic heterocycles. The first-order valence-electron chi connectivity index (χ1n) is 7.92. The van der Waals surface area contributed by atoms with Crippen molar-refractivity contribution in [1.29, 1.82) is 0 Å². The van der Waals surface area contributed by atoms with E-state index in [1.807, 2.05) is 25.2 Å². The molecule has 0 bridgehead atoms. The number of aromatic nitrogens is 5. The molecule has 126 valence electrons. The highest BCUT2D eigenvalue weighted by Gasteiger charge is 2.37. The van der Waals surface area contributed by atoms with Crippen molar-refractivity contribution in [2.45, 2.75) is 25.1 Å². The fourth-order valence-corrected chi connectivity index (χ4v) is 3.54. The Kier molecular flexibility index (Phi) is 3.79. The van der Waals surface area contributed by atoms with Crippen molar-refractivity contribution in [2.24, 2.45) is 7.05 Å². The van der Waals surface area contributed by atoms with Gasteiger partial charge in [-0.2, -0.15) is 0 Å². The number of fused-ring (bicyclic) bond motifs is 1. The van der Waals surface area contributed by atoms with Crippen molar-refractivity contribution >= 4 is 22.6 Å². The number of nitrogens with zero attached hydrogens (tertiary/aromatic N) is 6. The number of hydrogen-bond donors (Lipinski definition) is 1. The minimum atomic E-state index is -0.776. The van der Waals surface area contributed by atoms with Crippen molar-refractivity contribution in [3.8, 4) is 0 Å². The number of β-amino-alcohol motifs (C(OH)–C–C–N with tert-alkyl or cyclic N) is 1. The Labute approximate surface area is 144 Å². The molecular formula is C16H19ClN6O. The molecule has 8 heteroatoms. The second-order valence-corrected chi connectivity index (χ2v) is 6.94. The Bertz CT molecular complexity index is 861. The van der Waals surface area contributed by atoms with Crippen LogP contribution in [0.3, 0.4) is 0 Å². The highest BCUT2D eigenvalue weighted by atomic mass is 35.5. The summed E-state index contributed by atoms with van der Waals surface area (Å²) >= 11 is 6.08. The lowest BCUT2D eigenvalue weighted by atomic mass is 10.0. The number of likely N-dealkylation sites (tertiary alicyclic amines) is 1. The predicted octanol–water partition coefficient (Wildman–Crippen LogP) is 1.46. The number of benzene rings is 1. The van der Waals surface area contributed by atoms with Gasteiger partial charge in [-0.3, -0.25) is 4.90 Å². The second kappa shape index (κ2) is 5.84. The number of aryl methyl sites for hydroxylation is 1. The van der Waals surface area contributed by atoms with E-state index in [1.54, 1.807) is 17.1 Å². The van der Waals surface area contributed by atoms with Crippen LogP contribution in [-0.4, -0.2) is 53.2 Å². The summed E-state index contributed by atoms with van der Waals surface area (Å²) < 4.78 is 3.75. The van der Waals surface area contributed by atoms with Gasteiger partial charge in [0.15, 0.2) is 0 Å². The highest BCUT2D eigenvalue weighted by molar-refractivity contribution is 6.31. The largest absolute Gasteiger partial charge is 0.387 e. The van der Waals surface area contributed by atoms with Crippen LogP contribution in [0.25, 0.3) is 11.0 Å². The Hall–Kier alpha value is -1.96. The minimum absolute atomic E-state index is 0.460. The lowest BCUT2D eigenvalue weighted by Crippen LogP contribution is -2.37. The molecular weight excluding hydrogens is 328 g/mol. The van der Waals surface area contributed by atoms with Gasteiger partial charge < -0.3 is 9.67 Å². The van der Waals surface area contributed by atoms with Crippen LogP contribution in [-0.2, 0) is 20.1 Å². The molecule has 0 spiro atoms. The van der Waals surface area contributed by atoms with Crippen molar-refractivity contribution in [2.75, 3.05) is 13.1 Å². The van der Waals surface area contributed by atoms with Gasteiger partial charge in [0, 0.05) is 31.4 Å². The zero-order valence-corrected chi connectivity index (χ0v) is 14.2. The van der Waals surface area contributed by atoms with E-state index in [1.165, 1.54) is 0 Å². The second-order valence-electron chi connectivity index (χ2n) is 6.51. The summed E-state index contributed by atoms with van der Waals surface area (Å²) in [6.07, 6.45) is 4.11. The van der Waals surface area contributed by atoms with Crippen molar-refractivity contribution in [3.05, 3.63) is 41.4 Å². The number of halogens is 1. The standard InChI is InChI=1S/C16H19ClN6O/c1-21-14-8-12(17)2-3-13(14)19-15(21)9-22-6-4-16(24,10-22)11-23-7-5-18-20-23/h2-3,5,7-8,24H,4,6,9-11H2,1H3. The van der Waals surface area contributed by atoms with E-state index in [0.717, 1.165) is 23.4 Å². The number of hydrogen-bond acceptors (Lipinski definition) is 5. The molecule has 2 aromatic heterocycles. The molecule has 0 aliphatic carbocycles. The first-order valence-corrected chi connectivity index (χ1v) is 8.30. The number of imidazole rings is 1. The number of rotatable bonds is 4. The van der Waals surface area contributed by atoms with E-state index < -0.39 is 5.60 Å². The first-order chi connectivity index (χ1) is 11.5. The molecule has 1 aromatic carbocycles. The molecule has 1 saturated heterocycles. The molecule has 1 unspecified atom stereocenters. The van der Waals surface area contributed by atoms with Gasteiger partial charge in [-0.15, -0.1) is 5.10 Å². The summed E-state index contributed by atoms with van der Waals surface area (Å²) in [5.74, 6) is 0.970. The molecule has 0 radical (unpaired) electrons. The molecule has 3 heterocycles. The Morgan fingerprint density at radius 3 is 3.04 bits per heavy atom. The lowest BCUT2D eigenvalue weighted by molar-refractivity contribution is 0.0271. The van der Waals surface area contributed by atoms with Gasteiger partial charge in [0.05, 0.1) is 35.9 Å². The fourth-order valence-electron chi connectivity index (χ4n) is 3.38. The summed E-state index contributed by atoms with van der Waals surface area (Å²) in [4.78, 5) is 6.92. The summed E-state index contributed by atoms with van der Waals surface area (Å²) in [5.41, 5.74) is 1.19. The zero-order chi connectivity index (χ0) is 16.7. The molecule has 1 atom stereocenters. The summed E-state index contributed by atoms with van der Waals surface area (Å²) in [7, 11) is 2.00. The molecule has 4 rings (SSSR count). The van der Waals surface area contributed by atoms with E-state index in [0.29, 0.717) is 31.1 Å². The highest BCUT2D eigenvalue weighted by Crippen LogP contribution is 2.26. The van der Waals surface area contributed by atoms with Crippen LogP contribution in [0.2, 0.25) is 5.02 Å². The molecule has 1 aliphatic rings. The quantitative estimate of drug-likeness (QED) is 0.774. The van der Waals surface area contributed by atoms with Crippen LogP contribution in [0.1, 0.15) is 12.2 Å². The Balaban J connectivity index is 1.49. The van der Waals surface area contributed by atoms with Crippen LogP contribution in [0, 0.1) is 0 Å². The van der Waals surface area contributed by atoms with Crippen LogP contribution in [0.5, 0.6) is 0 Å². The maximum absolute atomic E-state index is 10.8. The maximum Gasteiger partial charge on any atom is 0.123 e. The van der Waals surface area contributed by atoms with E-state index in [-0.39, 0.29) is 0 Å². The topological polar surface area (TPSA) is 72.0 Å². The van der Waals surface area contributed by atoms with E-state index in [4.69, 9.17) is 16.6 Å². The molecule has 7 nitrogen and oxygen atoms in total. The van der Waals surface area contributed by atoms with Crippen molar-refractivity contribution < 1.29 is 5.11 Å². The van der Waals surface area contributed by atoms with Gasteiger partial charge in [-0.25, -0.2) is 9.67 Å².